The first kappa shape index (κ1) is 16.4. The van der Waals surface area contributed by atoms with Crippen molar-refractivity contribution >= 4 is 27.7 Å². The Kier molecular flexibility index (Phi) is 6.15. The zero-order valence-electron chi connectivity index (χ0n) is 12.2. The van der Waals surface area contributed by atoms with Crippen molar-refractivity contribution < 1.29 is 9.84 Å². The van der Waals surface area contributed by atoms with Gasteiger partial charge in [-0.2, -0.15) is 0 Å². The molecule has 0 heterocycles. The van der Waals surface area contributed by atoms with Crippen LogP contribution in [0, 0.1) is 6.92 Å². The van der Waals surface area contributed by atoms with Gasteiger partial charge in [0.05, 0.1) is 17.7 Å². The summed E-state index contributed by atoms with van der Waals surface area (Å²) >= 11 is 5.17. The fourth-order valence-corrected chi connectivity index (χ4v) is 3.62. The van der Waals surface area contributed by atoms with Crippen LogP contribution in [0.25, 0.3) is 0 Å². The molecule has 2 aromatic rings. The number of hydrogen-bond acceptors (Lipinski definition) is 3. The van der Waals surface area contributed by atoms with Gasteiger partial charge in [0.2, 0.25) is 0 Å². The van der Waals surface area contributed by atoms with E-state index in [1.165, 1.54) is 10.5 Å². The Balaban J connectivity index is 1.91. The SMILES string of the molecule is COc1ccc(CC(O)CSc2ccccc2C)cc1Br. The number of ether oxygens (including phenoxy) is 1. The van der Waals surface area contributed by atoms with Crippen molar-refractivity contribution in [2.45, 2.75) is 24.3 Å². The van der Waals surface area contributed by atoms with Crippen molar-refractivity contribution in [2.75, 3.05) is 12.9 Å². The first-order valence-electron chi connectivity index (χ1n) is 6.79. The van der Waals surface area contributed by atoms with Crippen LogP contribution < -0.4 is 4.74 Å². The Hall–Kier alpha value is -0.970. The average Bonchev–Trinajstić information content (AvgIpc) is 2.46. The number of rotatable bonds is 6. The molecule has 1 unspecified atom stereocenters. The number of hydrogen-bond donors (Lipinski definition) is 1. The van der Waals surface area contributed by atoms with Gasteiger partial charge >= 0.3 is 0 Å². The van der Waals surface area contributed by atoms with Gasteiger partial charge in [0.15, 0.2) is 0 Å². The molecule has 2 nitrogen and oxygen atoms in total. The molecule has 2 rings (SSSR count). The van der Waals surface area contributed by atoms with E-state index < -0.39 is 0 Å². The number of aliphatic hydroxyl groups is 1. The second-order valence-corrected chi connectivity index (χ2v) is 6.82. The summed E-state index contributed by atoms with van der Waals surface area (Å²) in [5.41, 5.74) is 2.35. The molecular formula is C17H19BrO2S. The second-order valence-electron chi connectivity index (χ2n) is 4.90. The first-order chi connectivity index (χ1) is 10.1. The van der Waals surface area contributed by atoms with Crippen LogP contribution in [0.15, 0.2) is 51.8 Å². The number of benzene rings is 2. The summed E-state index contributed by atoms with van der Waals surface area (Å²) in [4.78, 5) is 1.23. The predicted molar refractivity (Wildman–Crippen MR) is 92.3 cm³/mol. The van der Waals surface area contributed by atoms with E-state index in [1.807, 2.05) is 30.3 Å². The molecule has 21 heavy (non-hydrogen) atoms. The number of halogens is 1. The summed E-state index contributed by atoms with van der Waals surface area (Å²) in [5, 5.41) is 10.2. The smallest absolute Gasteiger partial charge is 0.133 e. The highest BCUT2D eigenvalue weighted by Gasteiger charge is 2.09. The van der Waals surface area contributed by atoms with Crippen molar-refractivity contribution in [1.82, 2.24) is 0 Å². The summed E-state index contributed by atoms with van der Waals surface area (Å²) < 4.78 is 6.13. The van der Waals surface area contributed by atoms with E-state index in [1.54, 1.807) is 18.9 Å². The van der Waals surface area contributed by atoms with E-state index in [9.17, 15) is 5.11 Å². The Labute approximate surface area is 138 Å². The lowest BCUT2D eigenvalue weighted by Gasteiger charge is -2.12. The normalized spacial score (nSPS) is 12.2. The molecule has 112 valence electrons. The van der Waals surface area contributed by atoms with Gasteiger partial charge < -0.3 is 9.84 Å². The van der Waals surface area contributed by atoms with Crippen LogP contribution in [-0.2, 0) is 6.42 Å². The number of aliphatic hydroxyl groups excluding tert-OH is 1. The van der Waals surface area contributed by atoms with Crippen molar-refractivity contribution in [3.05, 3.63) is 58.1 Å². The van der Waals surface area contributed by atoms with Crippen LogP contribution in [-0.4, -0.2) is 24.1 Å². The van der Waals surface area contributed by atoms with Gasteiger partial charge in [-0.15, -0.1) is 11.8 Å². The molecule has 0 radical (unpaired) electrons. The molecule has 0 amide bonds. The molecule has 0 aliphatic heterocycles. The van der Waals surface area contributed by atoms with Crippen LogP contribution in [0.4, 0.5) is 0 Å². The molecule has 0 saturated heterocycles. The summed E-state index contributed by atoms with van der Waals surface area (Å²) in [6, 6.07) is 14.2. The van der Waals surface area contributed by atoms with Gasteiger partial charge in [0.25, 0.3) is 0 Å². The zero-order valence-corrected chi connectivity index (χ0v) is 14.6. The Morgan fingerprint density at radius 2 is 2.00 bits per heavy atom. The molecule has 0 aromatic heterocycles. The third kappa shape index (κ3) is 4.77. The van der Waals surface area contributed by atoms with Crippen molar-refractivity contribution in [3.63, 3.8) is 0 Å². The standard InChI is InChI=1S/C17H19BrO2S/c1-12-5-3-4-6-17(12)21-11-14(19)9-13-7-8-16(20-2)15(18)10-13/h3-8,10,14,19H,9,11H2,1-2H3. The minimum Gasteiger partial charge on any atom is -0.496 e. The molecule has 0 aliphatic carbocycles. The summed E-state index contributed by atoms with van der Waals surface area (Å²) in [7, 11) is 1.65. The van der Waals surface area contributed by atoms with Crippen LogP contribution in [0.3, 0.4) is 0 Å². The first-order valence-corrected chi connectivity index (χ1v) is 8.57. The third-order valence-corrected chi connectivity index (χ3v) is 5.15. The topological polar surface area (TPSA) is 29.5 Å². The van der Waals surface area contributed by atoms with Crippen LogP contribution in [0.5, 0.6) is 5.75 Å². The van der Waals surface area contributed by atoms with Gasteiger partial charge in [0, 0.05) is 10.6 Å². The highest BCUT2D eigenvalue weighted by atomic mass is 79.9. The fraction of sp³-hybridized carbons (Fsp3) is 0.294. The van der Waals surface area contributed by atoms with Gasteiger partial charge in [-0.25, -0.2) is 0 Å². The highest BCUT2D eigenvalue weighted by Crippen LogP contribution is 2.27. The van der Waals surface area contributed by atoms with Gasteiger partial charge in [-0.05, 0) is 58.6 Å². The highest BCUT2D eigenvalue weighted by molar-refractivity contribution is 9.10. The van der Waals surface area contributed by atoms with E-state index in [-0.39, 0.29) is 6.10 Å². The van der Waals surface area contributed by atoms with E-state index >= 15 is 0 Å². The minimum absolute atomic E-state index is 0.366. The van der Waals surface area contributed by atoms with Crippen LogP contribution in [0.2, 0.25) is 0 Å². The number of methoxy groups -OCH3 is 1. The molecule has 1 atom stereocenters. The molecule has 0 fully saturated rings. The van der Waals surface area contributed by atoms with Crippen molar-refractivity contribution in [3.8, 4) is 5.75 Å². The maximum Gasteiger partial charge on any atom is 0.133 e. The van der Waals surface area contributed by atoms with E-state index in [2.05, 4.69) is 35.0 Å². The summed E-state index contributed by atoms with van der Waals surface area (Å²) in [5.74, 6) is 1.50. The lowest BCUT2D eigenvalue weighted by Crippen LogP contribution is -2.13. The summed E-state index contributed by atoms with van der Waals surface area (Å²) in [6.07, 6.45) is 0.275. The van der Waals surface area contributed by atoms with Gasteiger partial charge in [-0.1, -0.05) is 24.3 Å². The molecule has 0 saturated carbocycles. The number of aryl methyl sites for hydroxylation is 1. The monoisotopic (exact) mass is 366 g/mol. The van der Waals surface area contributed by atoms with Crippen LogP contribution in [0.1, 0.15) is 11.1 Å². The molecule has 4 heteroatoms. The molecule has 0 aliphatic rings. The quantitative estimate of drug-likeness (QED) is 0.765. The lowest BCUT2D eigenvalue weighted by atomic mass is 10.1. The largest absolute Gasteiger partial charge is 0.496 e. The lowest BCUT2D eigenvalue weighted by molar-refractivity contribution is 0.200. The van der Waals surface area contributed by atoms with E-state index in [0.717, 1.165) is 15.8 Å². The maximum atomic E-state index is 10.2. The second kappa shape index (κ2) is 7.87. The predicted octanol–water partition coefficient (Wildman–Crippen LogP) is 4.46. The zero-order chi connectivity index (χ0) is 15.2. The van der Waals surface area contributed by atoms with Gasteiger partial charge in [0.1, 0.15) is 5.75 Å². The Bertz CT molecular complexity index is 601. The van der Waals surface area contributed by atoms with Crippen molar-refractivity contribution in [2.24, 2.45) is 0 Å². The molecule has 1 N–H and O–H groups in total. The third-order valence-electron chi connectivity index (χ3n) is 3.21. The van der Waals surface area contributed by atoms with E-state index in [4.69, 9.17) is 4.74 Å². The fourth-order valence-electron chi connectivity index (χ4n) is 2.07. The summed E-state index contributed by atoms with van der Waals surface area (Å²) in [6.45, 7) is 2.09. The molecular weight excluding hydrogens is 348 g/mol. The Morgan fingerprint density at radius 1 is 1.24 bits per heavy atom. The van der Waals surface area contributed by atoms with Gasteiger partial charge in [-0.3, -0.25) is 0 Å². The van der Waals surface area contributed by atoms with Crippen molar-refractivity contribution in [1.29, 1.82) is 0 Å². The Morgan fingerprint density at radius 3 is 2.67 bits per heavy atom. The molecule has 0 bridgehead atoms. The minimum atomic E-state index is -0.366. The molecule has 0 spiro atoms. The van der Waals surface area contributed by atoms with Crippen LogP contribution >= 0.6 is 27.7 Å². The number of thioether (sulfide) groups is 1. The van der Waals surface area contributed by atoms with E-state index in [0.29, 0.717) is 12.2 Å². The average molecular weight is 367 g/mol. The maximum absolute atomic E-state index is 10.2. The molecule has 2 aromatic carbocycles.